The van der Waals surface area contributed by atoms with Gasteiger partial charge in [-0.25, -0.2) is 0 Å². The van der Waals surface area contributed by atoms with Crippen LogP contribution >= 0.6 is 15.9 Å². The van der Waals surface area contributed by atoms with Crippen molar-refractivity contribution in [3.8, 4) is 5.75 Å². The molecule has 0 unspecified atom stereocenters. The highest BCUT2D eigenvalue weighted by Gasteiger charge is 2.39. The summed E-state index contributed by atoms with van der Waals surface area (Å²) in [7, 11) is 1.69. The zero-order chi connectivity index (χ0) is 13.9. The third-order valence-corrected chi connectivity index (χ3v) is 4.22. The number of Topliss-reactive ketones (excluding diaryl/α,β-unsaturated/α-hetero) is 1. The molecule has 104 valence electrons. The van der Waals surface area contributed by atoms with E-state index in [4.69, 9.17) is 9.47 Å². The number of ketones is 1. The Bertz CT molecular complexity index is 461. The second-order valence-electron chi connectivity index (χ2n) is 4.91. The zero-order valence-corrected chi connectivity index (χ0v) is 13.0. The molecular formula is C15H19BrO3. The molecule has 1 fully saturated rings. The maximum Gasteiger partial charge on any atom is 0.169 e. The molecule has 4 heteroatoms. The van der Waals surface area contributed by atoms with Gasteiger partial charge in [-0.2, -0.15) is 0 Å². The Balaban J connectivity index is 2.20. The molecular weight excluding hydrogens is 308 g/mol. The van der Waals surface area contributed by atoms with Crippen molar-refractivity contribution < 1.29 is 14.3 Å². The molecule has 3 nitrogen and oxygen atoms in total. The van der Waals surface area contributed by atoms with Gasteiger partial charge in [0.05, 0.1) is 17.8 Å². The predicted octanol–water partition coefficient (Wildman–Crippen LogP) is 3.99. The van der Waals surface area contributed by atoms with Crippen molar-refractivity contribution in [3.63, 3.8) is 0 Å². The Morgan fingerprint density at radius 1 is 1.42 bits per heavy atom. The van der Waals surface area contributed by atoms with Crippen LogP contribution in [-0.4, -0.2) is 25.1 Å². The first-order valence-electron chi connectivity index (χ1n) is 6.61. The minimum absolute atomic E-state index is 0.0892. The molecule has 0 aliphatic heterocycles. The van der Waals surface area contributed by atoms with E-state index in [-0.39, 0.29) is 11.4 Å². The zero-order valence-electron chi connectivity index (χ0n) is 11.4. The number of halogens is 1. The third-order valence-electron chi connectivity index (χ3n) is 3.72. The van der Waals surface area contributed by atoms with Crippen molar-refractivity contribution in [3.05, 3.63) is 28.2 Å². The van der Waals surface area contributed by atoms with Crippen LogP contribution < -0.4 is 4.74 Å². The maximum absolute atomic E-state index is 12.5. The minimum atomic E-state index is -0.247. The summed E-state index contributed by atoms with van der Waals surface area (Å²) in [5, 5.41) is 0. The van der Waals surface area contributed by atoms with Gasteiger partial charge in [0.25, 0.3) is 0 Å². The summed E-state index contributed by atoms with van der Waals surface area (Å²) in [6, 6.07) is 5.55. The summed E-state index contributed by atoms with van der Waals surface area (Å²) < 4.78 is 11.9. The first-order chi connectivity index (χ1) is 9.10. The van der Waals surface area contributed by atoms with Crippen LogP contribution in [0.5, 0.6) is 5.75 Å². The average Bonchev–Trinajstić information content (AvgIpc) is 2.36. The van der Waals surface area contributed by atoms with E-state index < -0.39 is 0 Å². The second-order valence-corrected chi connectivity index (χ2v) is 5.83. The van der Waals surface area contributed by atoms with Crippen LogP contribution in [0.4, 0.5) is 0 Å². The van der Waals surface area contributed by atoms with Gasteiger partial charge in [0.15, 0.2) is 5.78 Å². The van der Waals surface area contributed by atoms with Crippen LogP contribution in [0.3, 0.4) is 0 Å². The lowest BCUT2D eigenvalue weighted by Gasteiger charge is -2.40. The van der Waals surface area contributed by atoms with Crippen molar-refractivity contribution in [1.29, 1.82) is 0 Å². The first-order valence-corrected chi connectivity index (χ1v) is 7.40. The molecule has 0 heterocycles. The van der Waals surface area contributed by atoms with Crippen molar-refractivity contribution in [2.24, 2.45) is 0 Å². The van der Waals surface area contributed by atoms with Gasteiger partial charge in [-0.3, -0.25) is 4.79 Å². The molecule has 1 aromatic rings. The number of ether oxygens (including phenoxy) is 2. The fraction of sp³-hybridized carbons (Fsp3) is 0.533. The molecule has 0 saturated heterocycles. The number of hydrogen-bond acceptors (Lipinski definition) is 3. The molecule has 19 heavy (non-hydrogen) atoms. The molecule has 1 aliphatic carbocycles. The van der Waals surface area contributed by atoms with Crippen molar-refractivity contribution in [2.45, 2.75) is 38.2 Å². The lowest BCUT2D eigenvalue weighted by Crippen LogP contribution is -2.41. The number of carbonyl (C=O) groups is 1. The molecule has 0 N–H and O–H groups in total. The van der Waals surface area contributed by atoms with Crippen LogP contribution in [0.1, 0.15) is 43.0 Å². The monoisotopic (exact) mass is 326 g/mol. The molecule has 0 bridgehead atoms. The van der Waals surface area contributed by atoms with Gasteiger partial charge in [0, 0.05) is 18.0 Å². The van der Waals surface area contributed by atoms with Gasteiger partial charge in [-0.05, 0) is 44.4 Å². The summed E-state index contributed by atoms with van der Waals surface area (Å²) >= 11 is 3.40. The second kappa shape index (κ2) is 6.06. The van der Waals surface area contributed by atoms with Gasteiger partial charge in [0.1, 0.15) is 5.75 Å². The van der Waals surface area contributed by atoms with Gasteiger partial charge in [-0.1, -0.05) is 15.9 Å². The smallest absolute Gasteiger partial charge is 0.169 e. The van der Waals surface area contributed by atoms with E-state index >= 15 is 0 Å². The molecule has 0 amide bonds. The normalized spacial score (nSPS) is 16.8. The number of carbonyl (C=O) groups excluding carboxylic acids is 1. The fourth-order valence-corrected chi connectivity index (χ4v) is 2.77. The van der Waals surface area contributed by atoms with E-state index in [9.17, 15) is 4.79 Å². The number of hydrogen-bond donors (Lipinski definition) is 0. The van der Waals surface area contributed by atoms with Crippen LogP contribution in [-0.2, 0) is 4.74 Å². The Morgan fingerprint density at radius 3 is 2.68 bits per heavy atom. The van der Waals surface area contributed by atoms with E-state index in [1.54, 1.807) is 7.11 Å². The van der Waals surface area contributed by atoms with Crippen molar-refractivity contribution in [2.75, 3.05) is 13.7 Å². The highest BCUT2D eigenvalue weighted by molar-refractivity contribution is 9.10. The summed E-state index contributed by atoms with van der Waals surface area (Å²) in [6.07, 6.45) is 3.50. The third kappa shape index (κ3) is 3.18. The quantitative estimate of drug-likeness (QED) is 0.741. The van der Waals surface area contributed by atoms with E-state index in [0.717, 1.165) is 23.7 Å². The van der Waals surface area contributed by atoms with Crippen molar-refractivity contribution in [1.82, 2.24) is 0 Å². The maximum atomic E-state index is 12.5. The lowest BCUT2D eigenvalue weighted by atomic mass is 9.75. The molecule has 0 spiro atoms. The molecule has 1 aliphatic rings. The van der Waals surface area contributed by atoms with Gasteiger partial charge in [-0.15, -0.1) is 0 Å². The molecule has 0 radical (unpaired) electrons. The number of benzene rings is 1. The van der Waals surface area contributed by atoms with E-state index in [1.807, 2.05) is 25.1 Å². The SMILES string of the molecule is CCOc1ccc(Br)cc1C(=O)CC1(OC)CCC1. The number of rotatable bonds is 6. The first kappa shape index (κ1) is 14.5. The topological polar surface area (TPSA) is 35.5 Å². The highest BCUT2D eigenvalue weighted by Crippen LogP contribution is 2.39. The van der Waals surface area contributed by atoms with E-state index in [0.29, 0.717) is 24.3 Å². The van der Waals surface area contributed by atoms with Gasteiger partial charge in [0.2, 0.25) is 0 Å². The predicted molar refractivity (Wildman–Crippen MR) is 77.8 cm³/mol. The van der Waals surface area contributed by atoms with E-state index in [2.05, 4.69) is 15.9 Å². The largest absolute Gasteiger partial charge is 0.493 e. The molecule has 0 aromatic heterocycles. The Hall–Kier alpha value is -0.870. The Labute approximate surface area is 122 Å². The highest BCUT2D eigenvalue weighted by atomic mass is 79.9. The van der Waals surface area contributed by atoms with Crippen LogP contribution in [0.25, 0.3) is 0 Å². The van der Waals surface area contributed by atoms with Crippen molar-refractivity contribution >= 4 is 21.7 Å². The molecule has 0 atom stereocenters. The van der Waals surface area contributed by atoms with Gasteiger partial charge < -0.3 is 9.47 Å². The van der Waals surface area contributed by atoms with E-state index in [1.165, 1.54) is 0 Å². The van der Waals surface area contributed by atoms with Gasteiger partial charge >= 0.3 is 0 Å². The molecule has 1 aromatic carbocycles. The standard InChI is InChI=1S/C15H19BrO3/c1-3-19-14-6-5-11(16)9-12(14)13(17)10-15(18-2)7-4-8-15/h5-6,9H,3-4,7-8,10H2,1-2H3. The number of methoxy groups -OCH3 is 1. The summed E-state index contributed by atoms with van der Waals surface area (Å²) in [5.74, 6) is 0.743. The van der Waals surface area contributed by atoms with Crippen LogP contribution in [0, 0.1) is 0 Å². The van der Waals surface area contributed by atoms with Crippen LogP contribution in [0.15, 0.2) is 22.7 Å². The Kier molecular flexibility index (Phi) is 4.63. The summed E-state index contributed by atoms with van der Waals surface area (Å²) in [5.41, 5.74) is 0.391. The average molecular weight is 327 g/mol. The molecule has 2 rings (SSSR count). The lowest BCUT2D eigenvalue weighted by molar-refractivity contribution is -0.0705. The Morgan fingerprint density at radius 2 is 2.16 bits per heavy atom. The fourth-order valence-electron chi connectivity index (χ4n) is 2.41. The summed E-state index contributed by atoms with van der Waals surface area (Å²) in [4.78, 5) is 12.5. The molecule has 1 saturated carbocycles. The minimum Gasteiger partial charge on any atom is -0.493 e. The summed E-state index contributed by atoms with van der Waals surface area (Å²) in [6.45, 7) is 2.47. The van der Waals surface area contributed by atoms with Crippen LogP contribution in [0.2, 0.25) is 0 Å².